The van der Waals surface area contributed by atoms with Crippen molar-refractivity contribution >= 4 is 58.7 Å². The van der Waals surface area contributed by atoms with E-state index in [2.05, 4.69) is 0 Å². The van der Waals surface area contributed by atoms with Gasteiger partial charge in [0.15, 0.2) is 5.78 Å². The third-order valence-electron chi connectivity index (χ3n) is 7.27. The summed E-state index contributed by atoms with van der Waals surface area (Å²) in [5.74, 6) is -6.29. The zero-order chi connectivity index (χ0) is 31.3. The van der Waals surface area contributed by atoms with Crippen LogP contribution in [-0.4, -0.2) is 52.9 Å². The molecule has 1 amide bonds. The van der Waals surface area contributed by atoms with Gasteiger partial charge in [0, 0.05) is 23.4 Å². The smallest absolute Gasteiger partial charge is 0.309 e. The maximum Gasteiger partial charge on any atom is 0.309 e. The fourth-order valence-electron chi connectivity index (χ4n) is 5.04. The number of allylic oxidation sites excluding steroid dienone is 3. The molecular weight excluding hydrogens is 597 g/mol. The van der Waals surface area contributed by atoms with Gasteiger partial charge in [-0.05, 0) is 75.5 Å². The molecule has 2 N–H and O–H groups in total. The van der Waals surface area contributed by atoms with Gasteiger partial charge in [0.2, 0.25) is 0 Å². The van der Waals surface area contributed by atoms with Crippen molar-refractivity contribution in [1.29, 1.82) is 5.41 Å². The summed E-state index contributed by atoms with van der Waals surface area (Å²) < 4.78 is 31.1. The number of benzene rings is 1. The largest absolute Gasteiger partial charge is 0.481 e. The summed E-state index contributed by atoms with van der Waals surface area (Å²) in [6, 6.07) is 2.69. The van der Waals surface area contributed by atoms with Crippen LogP contribution in [0.1, 0.15) is 77.1 Å². The zero-order valence-corrected chi connectivity index (χ0v) is 26.2. The number of carboxylic acid groups (broad SMARTS) is 1. The van der Waals surface area contributed by atoms with Crippen LogP contribution in [-0.2, 0) is 9.59 Å². The van der Waals surface area contributed by atoms with Crippen molar-refractivity contribution in [3.63, 3.8) is 0 Å². The van der Waals surface area contributed by atoms with Gasteiger partial charge in [-0.25, -0.2) is 0 Å². The first-order chi connectivity index (χ1) is 18.8. The molecule has 0 radical (unpaired) electrons. The van der Waals surface area contributed by atoms with Crippen LogP contribution in [0.3, 0.4) is 0 Å². The minimum absolute atomic E-state index is 0.00978. The molecule has 1 saturated carbocycles. The summed E-state index contributed by atoms with van der Waals surface area (Å²) in [5.41, 5.74) is -2.56. The van der Waals surface area contributed by atoms with E-state index in [9.17, 15) is 19.5 Å². The van der Waals surface area contributed by atoms with Crippen molar-refractivity contribution in [3.8, 4) is 0 Å². The molecule has 0 aromatic heterocycles. The Morgan fingerprint density at radius 2 is 1.66 bits per heavy atom. The van der Waals surface area contributed by atoms with Crippen LogP contribution in [0, 0.1) is 22.2 Å². The van der Waals surface area contributed by atoms with Crippen molar-refractivity contribution in [2.24, 2.45) is 16.7 Å². The number of carbonyl (C=O) groups is 3. The average molecular weight is 634 g/mol. The van der Waals surface area contributed by atoms with Crippen LogP contribution in [0.25, 0.3) is 0 Å². The Morgan fingerprint density at radius 3 is 2.10 bits per heavy atom. The number of halogens is 5. The molecule has 0 spiro atoms. The van der Waals surface area contributed by atoms with E-state index in [1.165, 1.54) is 25.1 Å². The van der Waals surface area contributed by atoms with Crippen LogP contribution in [0.5, 0.6) is 0 Å². The highest BCUT2D eigenvalue weighted by Gasteiger charge is 2.42. The summed E-state index contributed by atoms with van der Waals surface area (Å²) in [4.78, 5) is 40.0. The molecule has 1 aromatic carbocycles. The van der Waals surface area contributed by atoms with Crippen molar-refractivity contribution in [2.75, 3.05) is 13.1 Å². The molecule has 1 aliphatic rings. The number of carboxylic acids is 1. The van der Waals surface area contributed by atoms with Crippen molar-refractivity contribution in [1.82, 2.24) is 4.90 Å². The SMILES string of the molecule is C/C=C/C(F)(F)/C(CC1CCC(C)(C(=O)O)CC1)=C(/C=N)C(=O)N(CC(=O)c1c(Cl)cc(Cl)cc1Cl)CC(C)(C)C. The van der Waals surface area contributed by atoms with E-state index in [-0.39, 0.29) is 39.5 Å². The van der Waals surface area contributed by atoms with Crippen molar-refractivity contribution in [3.05, 3.63) is 56.1 Å². The molecule has 11 heteroatoms. The Labute approximate surface area is 255 Å². The van der Waals surface area contributed by atoms with E-state index < -0.39 is 52.1 Å². The van der Waals surface area contributed by atoms with Crippen molar-refractivity contribution < 1.29 is 28.3 Å². The summed E-state index contributed by atoms with van der Waals surface area (Å²) in [6.07, 6.45) is 3.67. The van der Waals surface area contributed by atoms with Gasteiger partial charge in [-0.15, -0.1) is 0 Å². The zero-order valence-electron chi connectivity index (χ0n) is 23.9. The lowest BCUT2D eigenvalue weighted by Gasteiger charge is -2.35. The predicted octanol–water partition coefficient (Wildman–Crippen LogP) is 8.53. The number of alkyl halides is 2. The predicted molar refractivity (Wildman–Crippen MR) is 160 cm³/mol. The van der Waals surface area contributed by atoms with Gasteiger partial charge in [-0.1, -0.05) is 61.7 Å². The van der Waals surface area contributed by atoms with Gasteiger partial charge < -0.3 is 15.4 Å². The Hall–Kier alpha value is -2.29. The highest BCUT2D eigenvalue weighted by Crippen LogP contribution is 2.44. The number of nitrogens with zero attached hydrogens (tertiary/aromatic N) is 1. The third-order valence-corrected chi connectivity index (χ3v) is 8.08. The van der Waals surface area contributed by atoms with Crippen LogP contribution in [0.2, 0.25) is 15.1 Å². The molecule has 1 fully saturated rings. The van der Waals surface area contributed by atoms with Crippen LogP contribution in [0.15, 0.2) is 35.4 Å². The van der Waals surface area contributed by atoms with Crippen molar-refractivity contribution in [2.45, 2.75) is 72.6 Å². The molecule has 6 nitrogen and oxygen atoms in total. The number of aliphatic carboxylic acids is 1. The number of Topliss-reactive ketones (excluding diaryl/α,β-unsaturated/α-hetero) is 1. The Balaban J connectivity index is 2.55. The molecule has 41 heavy (non-hydrogen) atoms. The lowest BCUT2D eigenvalue weighted by Crippen LogP contribution is -2.43. The average Bonchev–Trinajstić information content (AvgIpc) is 2.83. The van der Waals surface area contributed by atoms with E-state index >= 15 is 8.78 Å². The molecule has 0 bridgehead atoms. The van der Waals surface area contributed by atoms with Gasteiger partial charge >= 0.3 is 5.97 Å². The van der Waals surface area contributed by atoms with E-state index in [0.29, 0.717) is 38.0 Å². The normalized spacial score (nSPS) is 20.5. The molecule has 0 heterocycles. The number of nitrogens with one attached hydrogen (secondary N) is 1. The quantitative estimate of drug-likeness (QED) is 0.110. The second kappa shape index (κ2) is 13.8. The van der Waals surface area contributed by atoms with Crippen LogP contribution in [0.4, 0.5) is 8.78 Å². The highest BCUT2D eigenvalue weighted by molar-refractivity contribution is 6.42. The second-order valence-corrected chi connectivity index (χ2v) is 13.3. The molecule has 0 atom stereocenters. The Kier molecular flexibility index (Phi) is 11.7. The van der Waals surface area contributed by atoms with Gasteiger partial charge in [-0.3, -0.25) is 14.4 Å². The second-order valence-electron chi connectivity index (χ2n) is 12.1. The van der Waals surface area contributed by atoms with E-state index in [4.69, 9.17) is 40.2 Å². The Morgan fingerprint density at radius 1 is 1.12 bits per heavy atom. The molecular formula is C30H37Cl3F2N2O4. The van der Waals surface area contributed by atoms with Gasteiger partial charge in [-0.2, -0.15) is 8.78 Å². The van der Waals surface area contributed by atoms with Crippen LogP contribution >= 0.6 is 34.8 Å². The molecule has 226 valence electrons. The maximum atomic E-state index is 15.6. The molecule has 0 aliphatic heterocycles. The van der Waals surface area contributed by atoms with Gasteiger partial charge in [0.05, 0.1) is 33.1 Å². The maximum absolute atomic E-state index is 15.6. The standard InChI is InChI=1S/C30H37Cl3F2N2O4/c1-6-9-30(34,35)21(12-18-7-10-29(5,11-8-18)27(40)41)20(15-36)26(39)37(17-28(2,3)4)16-24(38)25-22(32)13-19(31)14-23(25)33/h6,9,13-15,18,36H,7-8,10-12,16-17H2,1-5H3,(H,40,41)/b9-6+,21-20-,36-15?. The highest BCUT2D eigenvalue weighted by atomic mass is 35.5. The number of ketones is 1. The first-order valence-corrected chi connectivity index (χ1v) is 14.4. The van der Waals surface area contributed by atoms with Crippen LogP contribution < -0.4 is 0 Å². The molecule has 0 unspecified atom stereocenters. The fraction of sp³-hybridized carbons (Fsp3) is 0.533. The third kappa shape index (κ3) is 9.10. The number of carbonyl (C=O) groups excluding carboxylic acids is 2. The van der Waals surface area contributed by atoms with E-state index in [0.717, 1.165) is 4.90 Å². The summed E-state index contributed by atoms with van der Waals surface area (Å²) in [5, 5.41) is 17.8. The first-order valence-electron chi connectivity index (χ1n) is 13.3. The monoisotopic (exact) mass is 632 g/mol. The van der Waals surface area contributed by atoms with E-state index in [1.807, 2.05) is 20.8 Å². The number of hydrogen-bond donors (Lipinski definition) is 2. The number of rotatable bonds is 11. The minimum Gasteiger partial charge on any atom is -0.481 e. The molecule has 2 rings (SSSR count). The van der Waals surface area contributed by atoms with Gasteiger partial charge in [0.25, 0.3) is 11.8 Å². The summed E-state index contributed by atoms with van der Waals surface area (Å²) in [6.45, 7) is 8.04. The van der Waals surface area contributed by atoms with E-state index in [1.54, 1.807) is 6.92 Å². The molecule has 0 saturated heterocycles. The lowest BCUT2D eigenvalue weighted by molar-refractivity contribution is -0.150. The Bertz CT molecular complexity index is 1220. The minimum atomic E-state index is -3.55. The number of amides is 1. The number of hydrogen-bond acceptors (Lipinski definition) is 4. The molecule has 1 aromatic rings. The van der Waals surface area contributed by atoms with Gasteiger partial charge in [0.1, 0.15) is 0 Å². The molecule has 1 aliphatic carbocycles. The summed E-state index contributed by atoms with van der Waals surface area (Å²) >= 11 is 18.4. The topological polar surface area (TPSA) is 98.5 Å². The fourth-order valence-corrected chi connectivity index (χ4v) is 6.07. The summed E-state index contributed by atoms with van der Waals surface area (Å²) in [7, 11) is 0. The first kappa shape index (κ1) is 34.9. The lowest BCUT2D eigenvalue weighted by atomic mass is 9.70.